The Hall–Kier alpha value is -2.71. The molecule has 0 amide bonds. The van der Waals surface area contributed by atoms with Gasteiger partial charge < -0.3 is 9.84 Å². The van der Waals surface area contributed by atoms with Crippen LogP contribution in [0.3, 0.4) is 0 Å². The molecule has 11 heteroatoms. The van der Waals surface area contributed by atoms with Gasteiger partial charge in [0.1, 0.15) is 23.4 Å². The summed E-state index contributed by atoms with van der Waals surface area (Å²) in [5, 5.41) is 9.84. The van der Waals surface area contributed by atoms with Crippen LogP contribution in [-0.4, -0.2) is 25.2 Å². The Morgan fingerprint density at radius 3 is 2.54 bits per heavy atom. The normalized spacial score (nSPS) is 18.0. The van der Waals surface area contributed by atoms with Gasteiger partial charge in [0.05, 0.1) is 11.5 Å². The van der Waals surface area contributed by atoms with Crippen LogP contribution in [-0.2, 0) is 16.3 Å². The Bertz CT molecular complexity index is 1100. The molecule has 1 atom stereocenters. The number of rotatable bonds is 4. The third kappa shape index (κ3) is 3.29. The monoisotopic (exact) mass is 419 g/mol. The summed E-state index contributed by atoms with van der Waals surface area (Å²) in [6.45, 7) is 6.89. The minimum absolute atomic E-state index is 0.145. The van der Waals surface area contributed by atoms with E-state index in [4.69, 9.17) is 11.3 Å². The lowest BCUT2D eigenvalue weighted by molar-refractivity contribution is -0.0976. The fraction of sp³-hybridized carbons (Fsp3) is 0.235. The van der Waals surface area contributed by atoms with Crippen LogP contribution < -0.4 is 4.74 Å². The average molecular weight is 419 g/mol. The second-order valence-electron chi connectivity index (χ2n) is 5.96. The van der Waals surface area contributed by atoms with Crippen LogP contribution in [0, 0.1) is 12.4 Å². The first-order chi connectivity index (χ1) is 13.0. The number of halogens is 5. The quantitative estimate of drug-likeness (QED) is 0.590. The van der Waals surface area contributed by atoms with Crippen LogP contribution in [0.25, 0.3) is 4.85 Å². The lowest BCUT2D eigenvalue weighted by atomic mass is 10.1. The Balaban J connectivity index is 2.17. The number of hydrogen-bond donors (Lipinski definition) is 1. The van der Waals surface area contributed by atoms with Crippen molar-refractivity contribution in [3.63, 3.8) is 0 Å². The van der Waals surface area contributed by atoms with Gasteiger partial charge in [-0.3, -0.25) is 0 Å². The Morgan fingerprint density at radius 1 is 1.25 bits per heavy atom. The van der Waals surface area contributed by atoms with Gasteiger partial charge in [0.25, 0.3) is 5.92 Å². The first-order valence-electron chi connectivity index (χ1n) is 7.57. The van der Waals surface area contributed by atoms with Gasteiger partial charge in [0.2, 0.25) is 9.84 Å². The lowest BCUT2D eigenvalue weighted by Gasteiger charge is -2.16. The maximum atomic E-state index is 14.0. The number of aliphatic hydroxyl groups excluding tert-OH is 1. The van der Waals surface area contributed by atoms with Gasteiger partial charge in [-0.1, -0.05) is 0 Å². The summed E-state index contributed by atoms with van der Waals surface area (Å²) in [5.74, 6) is -9.17. The number of alkyl halides is 4. The predicted octanol–water partition coefficient (Wildman–Crippen LogP) is 4.39. The molecule has 2 aromatic rings. The molecule has 1 aliphatic carbocycles. The molecule has 0 spiro atoms. The van der Waals surface area contributed by atoms with E-state index in [1.165, 1.54) is 0 Å². The van der Waals surface area contributed by atoms with E-state index in [-0.39, 0.29) is 17.2 Å². The molecule has 148 valence electrons. The van der Waals surface area contributed by atoms with Crippen molar-refractivity contribution in [2.24, 2.45) is 0 Å². The van der Waals surface area contributed by atoms with E-state index in [1.807, 2.05) is 0 Å². The molecule has 0 aliphatic heterocycles. The molecular formula is C17H10F5NO4S. The van der Waals surface area contributed by atoms with Gasteiger partial charge >= 0.3 is 5.76 Å². The largest absolute Gasteiger partial charge is 0.458 e. The summed E-state index contributed by atoms with van der Waals surface area (Å²) in [7, 11) is -5.27. The highest BCUT2D eigenvalue weighted by Crippen LogP contribution is 2.50. The zero-order chi connectivity index (χ0) is 20.9. The topological polar surface area (TPSA) is 68.0 Å². The van der Waals surface area contributed by atoms with Crippen molar-refractivity contribution in [2.75, 3.05) is 0 Å². The molecule has 1 unspecified atom stereocenters. The molecule has 0 aromatic heterocycles. The van der Waals surface area contributed by atoms with Crippen LogP contribution in [0.4, 0.5) is 27.6 Å². The molecule has 0 saturated heterocycles. The summed E-state index contributed by atoms with van der Waals surface area (Å²) in [6.07, 6.45) is -3.81. The predicted molar refractivity (Wildman–Crippen MR) is 86.0 cm³/mol. The van der Waals surface area contributed by atoms with Crippen molar-refractivity contribution < 1.29 is 40.2 Å². The summed E-state index contributed by atoms with van der Waals surface area (Å²) >= 11 is 0. The van der Waals surface area contributed by atoms with Gasteiger partial charge in [-0.15, -0.1) is 0 Å². The third-order valence-electron chi connectivity index (χ3n) is 4.11. The highest BCUT2D eigenvalue weighted by atomic mass is 32.2. The zero-order valence-corrected chi connectivity index (χ0v) is 14.5. The van der Waals surface area contributed by atoms with Crippen molar-refractivity contribution in [1.29, 1.82) is 0 Å². The van der Waals surface area contributed by atoms with Gasteiger partial charge in [-0.25, -0.2) is 26.4 Å². The summed E-state index contributed by atoms with van der Waals surface area (Å²) in [5.41, 5.74) is -1.52. The third-order valence-corrected chi connectivity index (χ3v) is 5.55. The molecule has 28 heavy (non-hydrogen) atoms. The van der Waals surface area contributed by atoms with Crippen molar-refractivity contribution in [3.8, 4) is 11.5 Å². The first kappa shape index (κ1) is 20.0. The van der Waals surface area contributed by atoms with E-state index in [1.54, 1.807) is 0 Å². The molecule has 1 N–H and O–H groups in total. The number of nitrogens with zero attached hydrogens (tertiary/aromatic N) is 1. The fourth-order valence-corrected chi connectivity index (χ4v) is 3.88. The Labute approximate surface area is 155 Å². The lowest BCUT2D eigenvalue weighted by Crippen LogP contribution is -2.23. The van der Waals surface area contributed by atoms with E-state index in [9.17, 15) is 35.5 Å². The van der Waals surface area contributed by atoms with Gasteiger partial charge in [0.15, 0.2) is 5.69 Å². The number of fused-ring (bicyclic) bond motifs is 1. The molecule has 5 nitrogen and oxygen atoms in total. The first-order valence-corrected chi connectivity index (χ1v) is 9.11. The van der Waals surface area contributed by atoms with Gasteiger partial charge in [0, 0.05) is 23.6 Å². The SMILES string of the molecule is [C-]#[N+]c1cc(F)cc(Oc2ccc(S(=O)(=O)C(F)F)c3c2CC(F)(F)C3O)c1. The maximum Gasteiger partial charge on any atom is 0.341 e. The van der Waals surface area contributed by atoms with Crippen molar-refractivity contribution in [3.05, 3.63) is 58.7 Å². The standard InChI is InChI=1S/C17H10F5NO4S/c1-23-9-4-8(18)5-10(6-9)27-12-2-3-13(28(25,26)16(19)20)14-11(12)7-17(21,22)15(14)24/h2-6,15-16,24H,7H2. The van der Waals surface area contributed by atoms with E-state index >= 15 is 0 Å². The van der Waals surface area contributed by atoms with Gasteiger partial charge in [-0.05, 0) is 24.3 Å². The minimum Gasteiger partial charge on any atom is -0.458 e. The molecule has 3 rings (SSSR count). The summed E-state index contributed by atoms with van der Waals surface area (Å²) in [4.78, 5) is 1.89. The fourth-order valence-electron chi connectivity index (χ4n) is 2.89. The molecular weight excluding hydrogens is 409 g/mol. The number of hydrogen-bond acceptors (Lipinski definition) is 4. The minimum atomic E-state index is -5.27. The molecule has 0 fully saturated rings. The number of aliphatic hydroxyl groups is 1. The number of ether oxygens (including phenoxy) is 1. The van der Waals surface area contributed by atoms with Crippen LogP contribution in [0.15, 0.2) is 35.2 Å². The van der Waals surface area contributed by atoms with Gasteiger partial charge in [-0.2, -0.15) is 8.78 Å². The summed E-state index contributed by atoms with van der Waals surface area (Å²) in [6, 6.07) is 4.35. The number of benzene rings is 2. The van der Waals surface area contributed by atoms with Crippen molar-refractivity contribution in [2.45, 2.75) is 29.1 Å². The zero-order valence-electron chi connectivity index (χ0n) is 13.7. The Kier molecular flexibility index (Phi) is 4.81. The number of sulfone groups is 1. The van der Waals surface area contributed by atoms with Crippen molar-refractivity contribution in [1.82, 2.24) is 0 Å². The Morgan fingerprint density at radius 2 is 1.93 bits per heavy atom. The molecule has 0 bridgehead atoms. The molecule has 0 saturated carbocycles. The van der Waals surface area contributed by atoms with E-state index < -0.39 is 55.9 Å². The molecule has 2 aromatic carbocycles. The average Bonchev–Trinajstić information content (AvgIpc) is 2.85. The van der Waals surface area contributed by atoms with Crippen LogP contribution >= 0.6 is 0 Å². The van der Waals surface area contributed by atoms with Crippen molar-refractivity contribution >= 4 is 15.5 Å². The van der Waals surface area contributed by atoms with E-state index in [2.05, 4.69) is 4.85 Å². The van der Waals surface area contributed by atoms with Crippen LogP contribution in [0.2, 0.25) is 0 Å². The van der Waals surface area contributed by atoms with E-state index in [0.29, 0.717) is 6.07 Å². The molecule has 0 radical (unpaired) electrons. The van der Waals surface area contributed by atoms with Crippen LogP contribution in [0.1, 0.15) is 17.2 Å². The molecule has 0 heterocycles. The van der Waals surface area contributed by atoms with E-state index in [0.717, 1.165) is 24.3 Å². The van der Waals surface area contributed by atoms with Crippen LogP contribution in [0.5, 0.6) is 11.5 Å². The maximum absolute atomic E-state index is 14.0. The smallest absolute Gasteiger partial charge is 0.341 e. The molecule has 1 aliphatic rings. The highest BCUT2D eigenvalue weighted by Gasteiger charge is 2.51. The second-order valence-corrected chi connectivity index (χ2v) is 7.85. The summed E-state index contributed by atoms with van der Waals surface area (Å²) < 4.78 is 96.3. The second kappa shape index (κ2) is 6.72. The highest BCUT2D eigenvalue weighted by molar-refractivity contribution is 7.91.